The average Bonchev–Trinajstić information content (AvgIpc) is 2.12. The summed E-state index contributed by atoms with van der Waals surface area (Å²) in [6.07, 6.45) is 0.774. The standard InChI is InChI=1S/C8H19BrN2O2S/c1-5-8(6-9)10-14(12,13)11(4)7(2)3/h7-8,10H,5-6H2,1-4H3. The fourth-order valence-electron chi connectivity index (χ4n) is 0.795. The van der Waals surface area contributed by atoms with Crippen LogP contribution in [0.15, 0.2) is 0 Å². The van der Waals surface area contributed by atoms with Crippen LogP contribution in [0.3, 0.4) is 0 Å². The summed E-state index contributed by atoms with van der Waals surface area (Å²) in [6, 6.07) is -0.0680. The third kappa shape index (κ3) is 4.25. The van der Waals surface area contributed by atoms with Gasteiger partial charge in [-0.1, -0.05) is 22.9 Å². The van der Waals surface area contributed by atoms with E-state index in [1.54, 1.807) is 7.05 Å². The first kappa shape index (κ1) is 14.3. The minimum Gasteiger partial charge on any atom is -0.198 e. The molecule has 0 amide bonds. The maximum atomic E-state index is 11.7. The maximum Gasteiger partial charge on any atom is 0.279 e. The summed E-state index contributed by atoms with van der Waals surface area (Å²) in [5.41, 5.74) is 0. The summed E-state index contributed by atoms with van der Waals surface area (Å²) in [7, 11) is -1.75. The summed E-state index contributed by atoms with van der Waals surface area (Å²) in [5.74, 6) is 0. The quantitative estimate of drug-likeness (QED) is 0.749. The Bertz CT molecular complexity index is 250. The van der Waals surface area contributed by atoms with Crippen molar-refractivity contribution in [1.29, 1.82) is 0 Å². The minimum absolute atomic E-state index is 0.0275. The van der Waals surface area contributed by atoms with E-state index in [0.29, 0.717) is 5.33 Å². The summed E-state index contributed by atoms with van der Waals surface area (Å²) >= 11 is 3.27. The third-order valence-electron chi connectivity index (χ3n) is 2.10. The lowest BCUT2D eigenvalue weighted by Crippen LogP contribution is -2.46. The highest BCUT2D eigenvalue weighted by Gasteiger charge is 2.22. The predicted molar refractivity (Wildman–Crippen MR) is 62.8 cm³/mol. The lowest BCUT2D eigenvalue weighted by atomic mass is 10.3. The van der Waals surface area contributed by atoms with E-state index in [1.807, 2.05) is 20.8 Å². The molecule has 0 rings (SSSR count). The van der Waals surface area contributed by atoms with Crippen LogP contribution in [-0.4, -0.2) is 37.2 Å². The van der Waals surface area contributed by atoms with Crippen molar-refractivity contribution >= 4 is 26.1 Å². The summed E-state index contributed by atoms with van der Waals surface area (Å²) in [6.45, 7) is 5.63. The molecule has 6 heteroatoms. The van der Waals surface area contributed by atoms with Gasteiger partial charge in [0, 0.05) is 24.5 Å². The first-order chi connectivity index (χ1) is 6.35. The van der Waals surface area contributed by atoms with Gasteiger partial charge in [0.1, 0.15) is 0 Å². The van der Waals surface area contributed by atoms with Crippen LogP contribution in [0.1, 0.15) is 27.2 Å². The zero-order valence-electron chi connectivity index (χ0n) is 9.12. The second kappa shape index (κ2) is 6.05. The number of rotatable bonds is 6. The monoisotopic (exact) mass is 286 g/mol. The van der Waals surface area contributed by atoms with E-state index in [9.17, 15) is 8.42 Å². The molecule has 86 valence electrons. The lowest BCUT2D eigenvalue weighted by Gasteiger charge is -2.24. The molecule has 0 spiro atoms. The number of alkyl halides is 1. The zero-order chi connectivity index (χ0) is 11.4. The molecule has 0 aliphatic rings. The topological polar surface area (TPSA) is 49.4 Å². The predicted octanol–water partition coefficient (Wildman–Crippen LogP) is 1.33. The van der Waals surface area contributed by atoms with E-state index in [1.165, 1.54) is 4.31 Å². The van der Waals surface area contributed by atoms with Crippen LogP contribution < -0.4 is 4.72 Å². The van der Waals surface area contributed by atoms with Crippen molar-refractivity contribution in [1.82, 2.24) is 9.03 Å². The molecular weight excluding hydrogens is 268 g/mol. The fourth-order valence-corrected chi connectivity index (χ4v) is 3.02. The van der Waals surface area contributed by atoms with Crippen LogP contribution in [0.25, 0.3) is 0 Å². The van der Waals surface area contributed by atoms with E-state index < -0.39 is 10.2 Å². The molecule has 0 aromatic carbocycles. The molecule has 0 aromatic rings. The van der Waals surface area contributed by atoms with Crippen molar-refractivity contribution in [3.8, 4) is 0 Å². The number of nitrogens with one attached hydrogen (secondary N) is 1. The molecule has 4 nitrogen and oxygen atoms in total. The number of hydrogen-bond acceptors (Lipinski definition) is 2. The van der Waals surface area contributed by atoms with Gasteiger partial charge >= 0.3 is 0 Å². The molecule has 1 atom stereocenters. The average molecular weight is 287 g/mol. The normalized spacial score (nSPS) is 15.1. The van der Waals surface area contributed by atoms with Gasteiger partial charge in [-0.25, -0.2) is 0 Å². The Morgan fingerprint density at radius 2 is 1.93 bits per heavy atom. The highest BCUT2D eigenvalue weighted by molar-refractivity contribution is 9.09. The highest BCUT2D eigenvalue weighted by atomic mass is 79.9. The second-order valence-corrected chi connectivity index (χ2v) is 5.90. The fraction of sp³-hybridized carbons (Fsp3) is 1.00. The van der Waals surface area contributed by atoms with Crippen molar-refractivity contribution in [2.45, 2.75) is 39.3 Å². The molecule has 1 N–H and O–H groups in total. The number of hydrogen-bond donors (Lipinski definition) is 1. The van der Waals surface area contributed by atoms with Gasteiger partial charge in [0.05, 0.1) is 0 Å². The van der Waals surface area contributed by atoms with Gasteiger partial charge in [-0.05, 0) is 20.3 Å². The highest BCUT2D eigenvalue weighted by Crippen LogP contribution is 2.04. The van der Waals surface area contributed by atoms with E-state index in [4.69, 9.17) is 0 Å². The molecule has 0 heterocycles. The Labute approximate surface area is 95.4 Å². The first-order valence-electron chi connectivity index (χ1n) is 4.66. The van der Waals surface area contributed by atoms with Crippen molar-refractivity contribution in [3.05, 3.63) is 0 Å². The molecule has 14 heavy (non-hydrogen) atoms. The van der Waals surface area contributed by atoms with Gasteiger partial charge in [0.2, 0.25) is 0 Å². The van der Waals surface area contributed by atoms with Crippen LogP contribution in [0.4, 0.5) is 0 Å². The first-order valence-corrected chi connectivity index (χ1v) is 7.22. The summed E-state index contributed by atoms with van der Waals surface area (Å²) in [5, 5.41) is 0.634. The molecule has 0 saturated heterocycles. The van der Waals surface area contributed by atoms with Crippen molar-refractivity contribution in [2.75, 3.05) is 12.4 Å². The second-order valence-electron chi connectivity index (χ2n) is 3.49. The molecule has 0 aliphatic heterocycles. The Hall–Kier alpha value is 0.350. The van der Waals surface area contributed by atoms with Gasteiger partial charge < -0.3 is 0 Å². The van der Waals surface area contributed by atoms with Crippen molar-refractivity contribution in [2.24, 2.45) is 0 Å². The van der Waals surface area contributed by atoms with Crippen molar-refractivity contribution < 1.29 is 8.42 Å². The number of nitrogens with zero attached hydrogens (tertiary/aromatic N) is 1. The third-order valence-corrected chi connectivity index (χ3v) is 4.69. The lowest BCUT2D eigenvalue weighted by molar-refractivity contribution is 0.397. The molecular formula is C8H19BrN2O2S. The minimum atomic E-state index is -3.33. The van der Waals surface area contributed by atoms with Crippen molar-refractivity contribution in [3.63, 3.8) is 0 Å². The van der Waals surface area contributed by atoms with Gasteiger partial charge in [0.25, 0.3) is 10.2 Å². The Morgan fingerprint density at radius 3 is 2.21 bits per heavy atom. The van der Waals surface area contributed by atoms with Gasteiger partial charge in [-0.3, -0.25) is 0 Å². The summed E-state index contributed by atoms with van der Waals surface area (Å²) in [4.78, 5) is 0. The van der Waals surface area contributed by atoms with Crippen LogP contribution >= 0.6 is 15.9 Å². The van der Waals surface area contributed by atoms with Crippen LogP contribution in [-0.2, 0) is 10.2 Å². The largest absolute Gasteiger partial charge is 0.279 e. The molecule has 1 unspecified atom stereocenters. The van der Waals surface area contributed by atoms with Gasteiger partial charge in [-0.15, -0.1) is 0 Å². The number of halogens is 1. The van der Waals surface area contributed by atoms with Gasteiger partial charge in [-0.2, -0.15) is 17.4 Å². The van der Waals surface area contributed by atoms with E-state index in [0.717, 1.165) is 6.42 Å². The zero-order valence-corrected chi connectivity index (χ0v) is 11.5. The van der Waals surface area contributed by atoms with Gasteiger partial charge in [0.15, 0.2) is 0 Å². The van der Waals surface area contributed by atoms with E-state index in [-0.39, 0.29) is 12.1 Å². The maximum absolute atomic E-state index is 11.7. The Morgan fingerprint density at radius 1 is 1.43 bits per heavy atom. The molecule has 0 bridgehead atoms. The Kier molecular flexibility index (Phi) is 6.20. The smallest absolute Gasteiger partial charge is 0.198 e. The van der Waals surface area contributed by atoms with E-state index in [2.05, 4.69) is 20.7 Å². The van der Waals surface area contributed by atoms with Crippen LogP contribution in [0.2, 0.25) is 0 Å². The van der Waals surface area contributed by atoms with Crippen LogP contribution in [0, 0.1) is 0 Å². The van der Waals surface area contributed by atoms with Crippen LogP contribution in [0.5, 0.6) is 0 Å². The molecule has 0 saturated carbocycles. The SMILES string of the molecule is CCC(CBr)NS(=O)(=O)N(C)C(C)C. The van der Waals surface area contributed by atoms with E-state index >= 15 is 0 Å². The Balaban J connectivity index is 4.48. The molecule has 0 fully saturated rings. The molecule has 0 aliphatic carbocycles. The molecule has 0 radical (unpaired) electrons. The summed E-state index contributed by atoms with van der Waals surface area (Å²) < 4.78 is 27.3. The molecule has 0 aromatic heterocycles.